The summed E-state index contributed by atoms with van der Waals surface area (Å²) in [4.78, 5) is 29.3. The third-order valence-corrected chi connectivity index (χ3v) is 4.98. The van der Waals surface area contributed by atoms with Crippen molar-refractivity contribution in [1.29, 1.82) is 0 Å². The van der Waals surface area contributed by atoms with E-state index in [4.69, 9.17) is 0 Å². The Morgan fingerprint density at radius 1 is 1.23 bits per heavy atom. The topological polar surface area (TPSA) is 40.6 Å². The quantitative estimate of drug-likeness (QED) is 0.737. The molecule has 0 saturated carbocycles. The minimum absolute atomic E-state index is 0.00220. The summed E-state index contributed by atoms with van der Waals surface area (Å²) >= 11 is 1.46. The van der Waals surface area contributed by atoms with Gasteiger partial charge in [-0.2, -0.15) is 0 Å². The number of unbranched alkanes of at least 4 members (excludes halogenated alkanes) is 2. The smallest absolute Gasteiger partial charge is 0.263 e. The first-order valence-corrected chi connectivity index (χ1v) is 9.16. The zero-order valence-electron chi connectivity index (χ0n) is 13.6. The lowest BCUT2D eigenvalue weighted by atomic mass is 9.97. The highest BCUT2D eigenvalue weighted by molar-refractivity contribution is 7.12. The standard InChI is InChI=1S/C17H26N2O2S/c1-3-5-9-18(10-6-4-2)16(20)14-12-19(13-14)17(21)15-8-7-11-22-15/h7-8,11,14H,3-6,9-10,12-13H2,1-2H3. The van der Waals surface area contributed by atoms with Gasteiger partial charge < -0.3 is 9.80 Å². The fraction of sp³-hybridized carbons (Fsp3) is 0.647. The van der Waals surface area contributed by atoms with E-state index in [1.807, 2.05) is 22.4 Å². The molecule has 4 nitrogen and oxygen atoms in total. The molecule has 0 bridgehead atoms. The van der Waals surface area contributed by atoms with Crippen LogP contribution in [0.25, 0.3) is 0 Å². The van der Waals surface area contributed by atoms with E-state index < -0.39 is 0 Å². The van der Waals surface area contributed by atoms with E-state index in [-0.39, 0.29) is 17.7 Å². The first-order valence-electron chi connectivity index (χ1n) is 8.28. The molecular formula is C17H26N2O2S. The molecule has 0 unspecified atom stereocenters. The Kier molecular flexibility index (Phi) is 6.43. The van der Waals surface area contributed by atoms with Crippen LogP contribution in [-0.4, -0.2) is 47.8 Å². The van der Waals surface area contributed by atoms with Crippen molar-refractivity contribution in [3.63, 3.8) is 0 Å². The number of carbonyl (C=O) groups excluding carboxylic acids is 2. The van der Waals surface area contributed by atoms with Gasteiger partial charge in [-0.15, -0.1) is 11.3 Å². The summed E-state index contributed by atoms with van der Waals surface area (Å²) in [5.74, 6) is 0.294. The van der Waals surface area contributed by atoms with Crippen LogP contribution in [-0.2, 0) is 4.79 Å². The molecule has 0 spiro atoms. The summed E-state index contributed by atoms with van der Waals surface area (Å²) in [5, 5.41) is 1.91. The fourth-order valence-electron chi connectivity index (χ4n) is 2.65. The lowest BCUT2D eigenvalue weighted by Gasteiger charge is -2.40. The third kappa shape index (κ3) is 4.09. The van der Waals surface area contributed by atoms with Gasteiger partial charge in [0.1, 0.15) is 0 Å². The summed E-state index contributed by atoms with van der Waals surface area (Å²) in [5.41, 5.74) is 0. The van der Waals surface area contributed by atoms with Gasteiger partial charge in [0.2, 0.25) is 5.91 Å². The van der Waals surface area contributed by atoms with Gasteiger partial charge in [-0.25, -0.2) is 0 Å². The second-order valence-electron chi connectivity index (χ2n) is 5.92. The molecule has 1 saturated heterocycles. The number of likely N-dealkylation sites (tertiary alicyclic amines) is 1. The first-order chi connectivity index (χ1) is 10.7. The maximum absolute atomic E-state index is 12.6. The van der Waals surface area contributed by atoms with Crippen molar-refractivity contribution in [2.45, 2.75) is 39.5 Å². The second kappa shape index (κ2) is 8.32. The van der Waals surface area contributed by atoms with Crippen molar-refractivity contribution in [2.75, 3.05) is 26.2 Å². The molecule has 0 aromatic carbocycles. The minimum Gasteiger partial charge on any atom is -0.342 e. The molecule has 2 amide bonds. The average Bonchev–Trinajstić information content (AvgIpc) is 2.99. The highest BCUT2D eigenvalue weighted by Gasteiger charge is 2.38. The van der Waals surface area contributed by atoms with Crippen molar-refractivity contribution in [3.05, 3.63) is 22.4 Å². The molecule has 1 aromatic rings. The van der Waals surface area contributed by atoms with Crippen LogP contribution in [0.3, 0.4) is 0 Å². The van der Waals surface area contributed by atoms with Gasteiger partial charge in [0.05, 0.1) is 10.8 Å². The van der Waals surface area contributed by atoms with Gasteiger partial charge in [-0.1, -0.05) is 32.8 Å². The molecule has 1 aliphatic heterocycles. The van der Waals surface area contributed by atoms with E-state index in [0.29, 0.717) is 13.1 Å². The van der Waals surface area contributed by atoms with Crippen LogP contribution in [0.2, 0.25) is 0 Å². The SMILES string of the molecule is CCCCN(CCCC)C(=O)C1CN(C(=O)c2cccs2)C1. The van der Waals surface area contributed by atoms with Crippen molar-refractivity contribution in [1.82, 2.24) is 9.80 Å². The highest BCUT2D eigenvalue weighted by Crippen LogP contribution is 2.23. The maximum atomic E-state index is 12.6. The van der Waals surface area contributed by atoms with E-state index in [1.165, 1.54) is 11.3 Å². The summed E-state index contributed by atoms with van der Waals surface area (Å²) in [6.07, 6.45) is 4.31. The largest absolute Gasteiger partial charge is 0.342 e. The normalized spacial score (nSPS) is 14.7. The van der Waals surface area contributed by atoms with E-state index in [0.717, 1.165) is 43.6 Å². The summed E-state index contributed by atoms with van der Waals surface area (Å²) in [7, 11) is 0. The molecule has 2 rings (SSSR count). The van der Waals surface area contributed by atoms with Gasteiger partial charge >= 0.3 is 0 Å². The van der Waals surface area contributed by atoms with Gasteiger partial charge in [0.15, 0.2) is 0 Å². The lowest BCUT2D eigenvalue weighted by molar-refractivity contribution is -0.140. The summed E-state index contributed by atoms with van der Waals surface area (Å²) in [6, 6.07) is 3.73. The molecule has 122 valence electrons. The van der Waals surface area contributed by atoms with Crippen LogP contribution < -0.4 is 0 Å². The Balaban J connectivity index is 1.84. The molecule has 0 atom stereocenters. The number of amides is 2. The van der Waals surface area contributed by atoms with Crippen LogP contribution in [0.15, 0.2) is 17.5 Å². The van der Waals surface area contributed by atoms with Gasteiger partial charge in [0, 0.05) is 26.2 Å². The van der Waals surface area contributed by atoms with Crippen LogP contribution in [0.4, 0.5) is 0 Å². The van der Waals surface area contributed by atoms with E-state index >= 15 is 0 Å². The van der Waals surface area contributed by atoms with Crippen LogP contribution in [0.1, 0.15) is 49.2 Å². The van der Waals surface area contributed by atoms with E-state index in [2.05, 4.69) is 13.8 Å². The summed E-state index contributed by atoms with van der Waals surface area (Å²) < 4.78 is 0. The first kappa shape index (κ1) is 17.0. The molecule has 1 aromatic heterocycles. The molecule has 5 heteroatoms. The number of thiophene rings is 1. The number of rotatable bonds is 8. The van der Waals surface area contributed by atoms with Crippen LogP contribution >= 0.6 is 11.3 Å². The Morgan fingerprint density at radius 2 is 1.86 bits per heavy atom. The van der Waals surface area contributed by atoms with Crippen molar-refractivity contribution >= 4 is 23.2 Å². The molecule has 2 heterocycles. The van der Waals surface area contributed by atoms with Crippen LogP contribution in [0, 0.1) is 5.92 Å². The Labute approximate surface area is 137 Å². The molecule has 22 heavy (non-hydrogen) atoms. The van der Waals surface area contributed by atoms with E-state index in [1.54, 1.807) is 4.90 Å². The Hall–Kier alpha value is -1.36. The van der Waals surface area contributed by atoms with Crippen LogP contribution in [0.5, 0.6) is 0 Å². The third-order valence-electron chi connectivity index (χ3n) is 4.12. The zero-order chi connectivity index (χ0) is 15.9. The zero-order valence-corrected chi connectivity index (χ0v) is 14.4. The number of carbonyl (C=O) groups is 2. The minimum atomic E-state index is -0.00220. The maximum Gasteiger partial charge on any atom is 0.263 e. The molecular weight excluding hydrogens is 296 g/mol. The summed E-state index contributed by atoms with van der Waals surface area (Å²) in [6.45, 7) is 7.14. The number of hydrogen-bond acceptors (Lipinski definition) is 3. The van der Waals surface area contributed by atoms with E-state index in [9.17, 15) is 9.59 Å². The lowest BCUT2D eigenvalue weighted by Crippen LogP contribution is -2.56. The highest BCUT2D eigenvalue weighted by atomic mass is 32.1. The fourth-order valence-corrected chi connectivity index (χ4v) is 3.34. The monoisotopic (exact) mass is 322 g/mol. The molecule has 1 aliphatic rings. The van der Waals surface area contributed by atoms with Crippen molar-refractivity contribution in [3.8, 4) is 0 Å². The number of nitrogens with zero attached hydrogens (tertiary/aromatic N) is 2. The average molecular weight is 322 g/mol. The van der Waals surface area contributed by atoms with Crippen molar-refractivity contribution < 1.29 is 9.59 Å². The molecule has 0 N–H and O–H groups in total. The van der Waals surface area contributed by atoms with Gasteiger partial charge in [0.25, 0.3) is 5.91 Å². The predicted molar refractivity (Wildman–Crippen MR) is 90.1 cm³/mol. The molecule has 0 radical (unpaired) electrons. The molecule has 0 aliphatic carbocycles. The Morgan fingerprint density at radius 3 is 2.36 bits per heavy atom. The predicted octanol–water partition coefficient (Wildman–Crippen LogP) is 3.25. The second-order valence-corrected chi connectivity index (χ2v) is 6.86. The molecule has 1 fully saturated rings. The number of hydrogen-bond donors (Lipinski definition) is 0. The van der Waals surface area contributed by atoms with Gasteiger partial charge in [-0.3, -0.25) is 9.59 Å². The Bertz CT molecular complexity index is 473. The van der Waals surface area contributed by atoms with Gasteiger partial charge in [-0.05, 0) is 24.3 Å². The van der Waals surface area contributed by atoms with Crippen molar-refractivity contribution in [2.24, 2.45) is 5.92 Å².